The molecular formula is C15H28N2O4. The summed E-state index contributed by atoms with van der Waals surface area (Å²) in [7, 11) is 0. The maximum absolute atomic E-state index is 11.9. The van der Waals surface area contributed by atoms with Gasteiger partial charge in [-0.15, -0.1) is 0 Å². The smallest absolute Gasteiger partial charge is 0.317 e. The number of hydrogen-bond acceptors (Lipinski definition) is 3. The molecule has 1 saturated heterocycles. The number of amides is 2. The molecule has 0 aromatic heterocycles. The largest absolute Gasteiger partial charge is 0.481 e. The van der Waals surface area contributed by atoms with Gasteiger partial charge < -0.3 is 20.4 Å². The number of aliphatic hydroxyl groups is 1. The Hall–Kier alpha value is -1.30. The van der Waals surface area contributed by atoms with E-state index < -0.39 is 11.6 Å². The lowest BCUT2D eigenvalue weighted by molar-refractivity contribution is -0.137. The molecule has 1 rings (SSSR count). The molecule has 1 aliphatic heterocycles. The van der Waals surface area contributed by atoms with Crippen molar-refractivity contribution in [1.82, 2.24) is 10.2 Å². The van der Waals surface area contributed by atoms with Gasteiger partial charge in [-0.2, -0.15) is 0 Å². The number of nitrogens with zero attached hydrogens (tertiary/aromatic N) is 1. The summed E-state index contributed by atoms with van der Waals surface area (Å²) in [4.78, 5) is 24.2. The predicted molar refractivity (Wildman–Crippen MR) is 80.1 cm³/mol. The molecule has 1 aliphatic rings. The Morgan fingerprint density at radius 3 is 2.57 bits per heavy atom. The van der Waals surface area contributed by atoms with Crippen LogP contribution in [0.1, 0.15) is 52.4 Å². The molecule has 21 heavy (non-hydrogen) atoms. The van der Waals surface area contributed by atoms with E-state index in [9.17, 15) is 14.7 Å². The van der Waals surface area contributed by atoms with Crippen LogP contribution in [-0.4, -0.2) is 52.3 Å². The summed E-state index contributed by atoms with van der Waals surface area (Å²) in [5.41, 5.74) is -0.774. The van der Waals surface area contributed by atoms with Crippen LogP contribution in [0, 0.1) is 5.92 Å². The molecule has 0 saturated carbocycles. The fourth-order valence-electron chi connectivity index (χ4n) is 2.78. The van der Waals surface area contributed by atoms with Crippen molar-refractivity contribution in [3.8, 4) is 0 Å². The van der Waals surface area contributed by atoms with Crippen LogP contribution in [0.25, 0.3) is 0 Å². The molecule has 2 amide bonds. The first kappa shape index (κ1) is 17.8. The first-order chi connectivity index (χ1) is 9.84. The average molecular weight is 300 g/mol. The number of carbonyl (C=O) groups is 2. The van der Waals surface area contributed by atoms with E-state index in [2.05, 4.69) is 12.2 Å². The second-order valence-electron chi connectivity index (χ2n) is 6.28. The van der Waals surface area contributed by atoms with Crippen molar-refractivity contribution in [2.75, 3.05) is 19.6 Å². The lowest BCUT2D eigenvalue weighted by Crippen LogP contribution is -2.41. The topological polar surface area (TPSA) is 89.9 Å². The van der Waals surface area contributed by atoms with Crippen LogP contribution in [0.5, 0.6) is 0 Å². The summed E-state index contributed by atoms with van der Waals surface area (Å²) >= 11 is 0. The highest BCUT2D eigenvalue weighted by Gasteiger charge is 2.33. The summed E-state index contributed by atoms with van der Waals surface area (Å²) in [5, 5.41) is 21.4. The zero-order valence-corrected chi connectivity index (χ0v) is 13.1. The summed E-state index contributed by atoms with van der Waals surface area (Å²) in [6, 6.07) is -0.138. The van der Waals surface area contributed by atoms with Crippen LogP contribution in [0.4, 0.5) is 4.79 Å². The van der Waals surface area contributed by atoms with E-state index in [0.29, 0.717) is 38.4 Å². The third-order valence-corrected chi connectivity index (χ3v) is 4.03. The van der Waals surface area contributed by atoms with Crippen molar-refractivity contribution >= 4 is 12.0 Å². The maximum Gasteiger partial charge on any atom is 0.317 e. The normalized spacial score (nSPS) is 23.1. The lowest BCUT2D eigenvalue weighted by Gasteiger charge is -2.21. The molecule has 0 bridgehead atoms. The van der Waals surface area contributed by atoms with Gasteiger partial charge in [0.15, 0.2) is 0 Å². The van der Waals surface area contributed by atoms with E-state index in [1.807, 2.05) is 0 Å². The van der Waals surface area contributed by atoms with Gasteiger partial charge in [0.1, 0.15) is 0 Å². The van der Waals surface area contributed by atoms with Gasteiger partial charge in [0.05, 0.1) is 12.1 Å². The number of rotatable bonds is 8. The van der Waals surface area contributed by atoms with Gasteiger partial charge >= 0.3 is 12.0 Å². The molecule has 0 aromatic rings. The minimum atomic E-state index is -0.774. The van der Waals surface area contributed by atoms with Gasteiger partial charge in [0.25, 0.3) is 0 Å². The van der Waals surface area contributed by atoms with Crippen molar-refractivity contribution < 1.29 is 19.8 Å². The molecule has 0 spiro atoms. The van der Waals surface area contributed by atoms with Crippen molar-refractivity contribution in [2.45, 2.75) is 58.0 Å². The number of aliphatic carboxylic acids is 1. The van der Waals surface area contributed by atoms with Crippen molar-refractivity contribution in [3.63, 3.8) is 0 Å². The Morgan fingerprint density at radius 1 is 1.33 bits per heavy atom. The zero-order chi connectivity index (χ0) is 15.9. The molecule has 2 atom stereocenters. The van der Waals surface area contributed by atoms with E-state index >= 15 is 0 Å². The Kier molecular flexibility index (Phi) is 6.95. The molecule has 6 heteroatoms. The quantitative estimate of drug-likeness (QED) is 0.638. The summed E-state index contributed by atoms with van der Waals surface area (Å²) in [6.45, 7) is 5.33. The van der Waals surface area contributed by atoms with Crippen LogP contribution in [0.3, 0.4) is 0 Å². The summed E-state index contributed by atoms with van der Waals surface area (Å²) in [6.07, 6.45) is 4.27. The predicted octanol–water partition coefficient (Wildman–Crippen LogP) is 1.82. The fourth-order valence-corrected chi connectivity index (χ4v) is 2.78. The van der Waals surface area contributed by atoms with Gasteiger partial charge in [-0.3, -0.25) is 4.79 Å². The van der Waals surface area contributed by atoms with E-state index in [4.69, 9.17) is 5.11 Å². The Morgan fingerprint density at radius 2 is 2.05 bits per heavy atom. The number of carbonyl (C=O) groups excluding carboxylic acids is 1. The third-order valence-electron chi connectivity index (χ3n) is 4.03. The molecule has 6 nitrogen and oxygen atoms in total. The second kappa shape index (κ2) is 8.22. The average Bonchev–Trinajstić information content (AvgIpc) is 2.76. The number of urea groups is 1. The zero-order valence-electron chi connectivity index (χ0n) is 13.1. The van der Waals surface area contributed by atoms with Gasteiger partial charge in [-0.25, -0.2) is 4.79 Å². The molecule has 0 aliphatic carbocycles. The molecule has 2 unspecified atom stereocenters. The van der Waals surface area contributed by atoms with Crippen LogP contribution < -0.4 is 5.32 Å². The van der Waals surface area contributed by atoms with E-state index in [1.165, 1.54) is 0 Å². The summed E-state index contributed by atoms with van der Waals surface area (Å²) < 4.78 is 0. The highest BCUT2D eigenvalue weighted by molar-refractivity contribution is 5.74. The van der Waals surface area contributed by atoms with Crippen LogP contribution in [0.15, 0.2) is 0 Å². The van der Waals surface area contributed by atoms with E-state index in [0.717, 1.165) is 19.3 Å². The number of carboxylic acids is 1. The van der Waals surface area contributed by atoms with Crippen LogP contribution in [-0.2, 0) is 4.79 Å². The number of nitrogens with one attached hydrogen (secondary N) is 1. The highest BCUT2D eigenvalue weighted by atomic mass is 16.4. The van der Waals surface area contributed by atoms with Gasteiger partial charge in [-0.05, 0) is 32.1 Å². The standard InChI is InChI=1S/C15H28N2O4/c1-3-4-12(5-6-13(18)19)7-9-16-14(20)17-10-8-15(2,21)11-17/h12,21H,3-11H2,1-2H3,(H,16,20)(H,18,19). The van der Waals surface area contributed by atoms with Crippen molar-refractivity contribution in [3.05, 3.63) is 0 Å². The SMILES string of the molecule is CCCC(CCNC(=O)N1CCC(C)(O)C1)CCC(=O)O. The minimum absolute atomic E-state index is 0.138. The number of carboxylic acid groups (broad SMARTS) is 1. The molecule has 0 aromatic carbocycles. The van der Waals surface area contributed by atoms with Crippen molar-refractivity contribution in [2.24, 2.45) is 5.92 Å². The molecule has 0 radical (unpaired) electrons. The first-order valence-electron chi connectivity index (χ1n) is 7.81. The molecule has 122 valence electrons. The van der Waals surface area contributed by atoms with E-state index in [-0.39, 0.29) is 12.5 Å². The molecule has 3 N–H and O–H groups in total. The van der Waals surface area contributed by atoms with Gasteiger partial charge in [0, 0.05) is 19.5 Å². The van der Waals surface area contributed by atoms with Crippen molar-refractivity contribution in [1.29, 1.82) is 0 Å². The second-order valence-corrected chi connectivity index (χ2v) is 6.28. The maximum atomic E-state index is 11.9. The molecule has 1 fully saturated rings. The number of hydrogen-bond donors (Lipinski definition) is 3. The van der Waals surface area contributed by atoms with Gasteiger partial charge in [-0.1, -0.05) is 19.8 Å². The van der Waals surface area contributed by atoms with Crippen LogP contribution >= 0.6 is 0 Å². The Labute approximate surface area is 126 Å². The Bertz CT molecular complexity index is 358. The van der Waals surface area contributed by atoms with E-state index in [1.54, 1.807) is 11.8 Å². The first-order valence-corrected chi connectivity index (χ1v) is 7.81. The fraction of sp³-hybridized carbons (Fsp3) is 0.867. The number of likely N-dealkylation sites (tertiary alicyclic amines) is 1. The Balaban J connectivity index is 2.26. The third kappa shape index (κ3) is 6.80. The summed E-state index contributed by atoms with van der Waals surface area (Å²) in [5.74, 6) is -0.424. The number of β-amino-alcohol motifs (C(OH)–C–C–N with tert-alkyl or cyclic N) is 1. The van der Waals surface area contributed by atoms with Gasteiger partial charge in [0.2, 0.25) is 0 Å². The molecular weight excluding hydrogens is 272 g/mol. The minimum Gasteiger partial charge on any atom is -0.481 e. The lowest BCUT2D eigenvalue weighted by atomic mass is 9.94. The molecule has 1 heterocycles. The highest BCUT2D eigenvalue weighted by Crippen LogP contribution is 2.20. The van der Waals surface area contributed by atoms with Crippen LogP contribution in [0.2, 0.25) is 0 Å². The monoisotopic (exact) mass is 300 g/mol.